The average Bonchev–Trinajstić information content (AvgIpc) is 2.56. The zero-order valence-electron chi connectivity index (χ0n) is 15.7. The number of carbonyl (C=O) groups is 2. The highest BCUT2D eigenvalue weighted by Crippen LogP contribution is 2.22. The number of benzene rings is 2. The van der Waals surface area contributed by atoms with Crippen molar-refractivity contribution in [1.82, 2.24) is 5.32 Å². The van der Waals surface area contributed by atoms with Gasteiger partial charge in [0.15, 0.2) is 0 Å². The molecule has 0 fully saturated rings. The van der Waals surface area contributed by atoms with E-state index >= 15 is 0 Å². The van der Waals surface area contributed by atoms with E-state index in [-0.39, 0.29) is 29.4 Å². The Kier molecular flexibility index (Phi) is 6.74. The Morgan fingerprint density at radius 3 is 2.43 bits per heavy atom. The molecule has 0 saturated heterocycles. The minimum Gasteiger partial charge on any atom is -0.349 e. The lowest BCUT2D eigenvalue weighted by atomic mass is 10.1. The second-order valence-corrected chi connectivity index (χ2v) is 8.23. The summed E-state index contributed by atoms with van der Waals surface area (Å²) >= 11 is 0. The molecule has 2 aromatic carbocycles. The predicted octanol–water partition coefficient (Wildman–Crippen LogP) is 2.52. The third-order valence-electron chi connectivity index (χ3n) is 3.74. The summed E-state index contributed by atoms with van der Waals surface area (Å²) < 4.78 is 39.3. The van der Waals surface area contributed by atoms with Crippen molar-refractivity contribution >= 4 is 33.2 Å². The van der Waals surface area contributed by atoms with Crippen molar-refractivity contribution in [2.45, 2.75) is 26.3 Å². The number of nitrogens with one attached hydrogen (secondary N) is 3. The van der Waals surface area contributed by atoms with Crippen molar-refractivity contribution in [3.05, 3.63) is 59.4 Å². The zero-order chi connectivity index (χ0) is 20.9. The molecule has 0 spiro atoms. The van der Waals surface area contributed by atoms with Crippen LogP contribution in [0.4, 0.5) is 15.8 Å². The van der Waals surface area contributed by atoms with E-state index in [0.29, 0.717) is 11.3 Å². The molecule has 0 aromatic heterocycles. The molecule has 3 N–H and O–H groups in total. The van der Waals surface area contributed by atoms with Crippen LogP contribution < -0.4 is 15.4 Å². The van der Waals surface area contributed by atoms with E-state index in [0.717, 1.165) is 6.26 Å². The Morgan fingerprint density at radius 1 is 1.14 bits per heavy atom. The molecule has 0 bridgehead atoms. The fraction of sp³-hybridized carbons (Fsp3) is 0.263. The fourth-order valence-electron chi connectivity index (χ4n) is 2.65. The van der Waals surface area contributed by atoms with Crippen LogP contribution in [0.2, 0.25) is 0 Å². The van der Waals surface area contributed by atoms with Crippen LogP contribution in [-0.2, 0) is 21.2 Å². The van der Waals surface area contributed by atoms with Crippen LogP contribution >= 0.6 is 0 Å². The third-order valence-corrected chi connectivity index (χ3v) is 4.33. The smallest absolute Gasteiger partial charge is 0.253 e. The molecule has 0 aliphatic carbocycles. The minimum absolute atomic E-state index is 0.0389. The van der Waals surface area contributed by atoms with E-state index in [9.17, 15) is 22.4 Å². The van der Waals surface area contributed by atoms with Gasteiger partial charge in [0.1, 0.15) is 5.82 Å². The maximum Gasteiger partial charge on any atom is 0.253 e. The molecule has 2 aromatic rings. The van der Waals surface area contributed by atoms with E-state index in [1.165, 1.54) is 31.2 Å². The van der Waals surface area contributed by atoms with Gasteiger partial charge in [-0.1, -0.05) is 18.2 Å². The number of halogens is 1. The first-order valence-electron chi connectivity index (χ1n) is 8.49. The molecule has 1 atom stereocenters. The van der Waals surface area contributed by atoms with Gasteiger partial charge in [-0.25, -0.2) is 12.8 Å². The lowest BCUT2D eigenvalue weighted by molar-refractivity contribution is -0.114. The van der Waals surface area contributed by atoms with Crippen molar-refractivity contribution in [3.63, 3.8) is 0 Å². The molecule has 9 heteroatoms. The topological polar surface area (TPSA) is 104 Å². The van der Waals surface area contributed by atoms with Crippen LogP contribution in [0.3, 0.4) is 0 Å². The normalized spacial score (nSPS) is 12.1. The number of carbonyl (C=O) groups excluding carboxylic acids is 2. The highest BCUT2D eigenvalue weighted by molar-refractivity contribution is 7.92. The van der Waals surface area contributed by atoms with Gasteiger partial charge in [-0.3, -0.25) is 14.3 Å². The number of hydrogen-bond acceptors (Lipinski definition) is 4. The first kappa shape index (κ1) is 21.4. The van der Waals surface area contributed by atoms with Crippen molar-refractivity contribution in [1.29, 1.82) is 0 Å². The van der Waals surface area contributed by atoms with Crippen LogP contribution in [-0.4, -0.2) is 32.5 Å². The van der Waals surface area contributed by atoms with Crippen LogP contribution in [0, 0.1) is 5.82 Å². The van der Waals surface area contributed by atoms with Crippen molar-refractivity contribution in [2.24, 2.45) is 0 Å². The number of anilines is 2. The molecule has 0 aliphatic heterocycles. The molecule has 0 heterocycles. The quantitative estimate of drug-likeness (QED) is 0.656. The fourth-order valence-corrected chi connectivity index (χ4v) is 3.23. The van der Waals surface area contributed by atoms with Gasteiger partial charge in [-0.05, 0) is 43.2 Å². The summed E-state index contributed by atoms with van der Waals surface area (Å²) in [7, 11) is -3.62. The molecule has 0 saturated carbocycles. The molecule has 0 aliphatic rings. The third kappa shape index (κ3) is 6.34. The van der Waals surface area contributed by atoms with Gasteiger partial charge < -0.3 is 10.6 Å². The Balaban J connectivity index is 2.25. The Hall–Kier alpha value is -2.94. The molecule has 2 amide bonds. The van der Waals surface area contributed by atoms with Crippen molar-refractivity contribution < 1.29 is 22.4 Å². The summed E-state index contributed by atoms with van der Waals surface area (Å²) in [4.78, 5) is 24.0. The number of amides is 2. The van der Waals surface area contributed by atoms with Crippen LogP contribution in [0.25, 0.3) is 0 Å². The van der Waals surface area contributed by atoms with Crippen molar-refractivity contribution in [2.75, 3.05) is 16.3 Å². The lowest BCUT2D eigenvalue weighted by Crippen LogP contribution is -2.35. The van der Waals surface area contributed by atoms with Gasteiger partial charge in [0.25, 0.3) is 5.91 Å². The number of rotatable bonds is 7. The van der Waals surface area contributed by atoms with Crippen LogP contribution in [0.1, 0.15) is 29.8 Å². The largest absolute Gasteiger partial charge is 0.349 e. The highest BCUT2D eigenvalue weighted by atomic mass is 32.2. The molecule has 150 valence electrons. The second-order valence-electron chi connectivity index (χ2n) is 6.49. The molecular formula is C19H22FN3O4S. The van der Waals surface area contributed by atoms with Crippen LogP contribution in [0.15, 0.2) is 42.5 Å². The Bertz CT molecular complexity index is 992. The predicted molar refractivity (Wildman–Crippen MR) is 106 cm³/mol. The first-order chi connectivity index (χ1) is 13.0. The zero-order valence-corrected chi connectivity index (χ0v) is 16.6. The Labute approximate surface area is 163 Å². The highest BCUT2D eigenvalue weighted by Gasteiger charge is 2.18. The average molecular weight is 407 g/mol. The van der Waals surface area contributed by atoms with Gasteiger partial charge in [-0.15, -0.1) is 0 Å². The number of sulfonamides is 1. The summed E-state index contributed by atoms with van der Waals surface area (Å²) in [6.07, 6.45) is 1.23. The SMILES string of the molecule is CC(=O)Nc1ccc(NS(C)(=O)=O)c(C(=O)NC(C)Cc2ccccc2F)c1. The molecule has 28 heavy (non-hydrogen) atoms. The van der Waals surface area contributed by atoms with E-state index in [4.69, 9.17) is 0 Å². The molecule has 2 rings (SSSR count). The maximum atomic E-state index is 13.8. The second kappa shape index (κ2) is 8.83. The molecule has 0 radical (unpaired) electrons. The summed E-state index contributed by atoms with van der Waals surface area (Å²) in [5, 5.41) is 5.27. The van der Waals surface area contributed by atoms with Gasteiger partial charge in [0.05, 0.1) is 17.5 Å². The summed E-state index contributed by atoms with van der Waals surface area (Å²) in [5.41, 5.74) is 0.916. The monoisotopic (exact) mass is 407 g/mol. The lowest BCUT2D eigenvalue weighted by Gasteiger charge is -2.17. The first-order valence-corrected chi connectivity index (χ1v) is 10.4. The van der Waals surface area contributed by atoms with Crippen molar-refractivity contribution in [3.8, 4) is 0 Å². The van der Waals surface area contributed by atoms with Gasteiger partial charge in [0, 0.05) is 18.7 Å². The van der Waals surface area contributed by atoms with Gasteiger partial charge >= 0.3 is 0 Å². The van der Waals surface area contributed by atoms with E-state index < -0.39 is 22.0 Å². The van der Waals surface area contributed by atoms with E-state index in [1.54, 1.807) is 25.1 Å². The number of hydrogen-bond donors (Lipinski definition) is 3. The van der Waals surface area contributed by atoms with E-state index in [2.05, 4.69) is 15.4 Å². The van der Waals surface area contributed by atoms with Gasteiger partial charge in [0.2, 0.25) is 15.9 Å². The Morgan fingerprint density at radius 2 is 1.82 bits per heavy atom. The van der Waals surface area contributed by atoms with E-state index in [1.807, 2.05) is 0 Å². The minimum atomic E-state index is -3.62. The molecule has 1 unspecified atom stereocenters. The van der Waals surface area contributed by atoms with Crippen LogP contribution in [0.5, 0.6) is 0 Å². The maximum absolute atomic E-state index is 13.8. The summed E-state index contributed by atoms with van der Waals surface area (Å²) in [6.45, 7) is 3.03. The summed E-state index contributed by atoms with van der Waals surface area (Å²) in [5.74, 6) is -1.25. The summed E-state index contributed by atoms with van der Waals surface area (Å²) in [6, 6.07) is 10.1. The molecule has 7 nitrogen and oxygen atoms in total. The molecular weight excluding hydrogens is 385 g/mol. The standard InChI is InChI=1S/C19H22FN3O4S/c1-12(10-14-6-4-5-7-17(14)20)21-19(25)16-11-15(22-13(2)24)8-9-18(16)23-28(3,26)27/h4-9,11-12,23H,10H2,1-3H3,(H,21,25)(H,22,24). The van der Waals surface area contributed by atoms with Gasteiger partial charge in [-0.2, -0.15) is 0 Å².